The van der Waals surface area contributed by atoms with Gasteiger partial charge in [0.25, 0.3) is 0 Å². The molecule has 0 spiro atoms. The molecule has 1 N–H and O–H groups in total. The number of alkyl halides is 3. The van der Waals surface area contributed by atoms with Gasteiger partial charge in [-0.05, 0) is 31.0 Å². The number of nitrogens with zero attached hydrogens (tertiary/aromatic N) is 5. The minimum absolute atomic E-state index is 0.0173. The summed E-state index contributed by atoms with van der Waals surface area (Å²) < 4.78 is 96.0. The quantitative estimate of drug-likeness (QED) is 0.315. The predicted molar refractivity (Wildman–Crippen MR) is 143 cm³/mol. The van der Waals surface area contributed by atoms with Crippen LogP contribution in [0.3, 0.4) is 0 Å². The molecule has 15 heteroatoms. The summed E-state index contributed by atoms with van der Waals surface area (Å²) in [5.74, 6) is -5.28. The lowest BCUT2D eigenvalue weighted by Gasteiger charge is -2.41. The molecule has 1 fully saturated rings. The molecule has 218 valence electrons. The molecule has 1 atom stereocenters. The van der Waals surface area contributed by atoms with E-state index < -0.39 is 44.8 Å². The number of hydrogen-bond acceptors (Lipinski definition) is 6. The van der Waals surface area contributed by atoms with Crippen molar-refractivity contribution in [1.29, 1.82) is 0 Å². The molecule has 41 heavy (non-hydrogen) atoms. The number of hydrogen-bond donors (Lipinski definition) is 1. The molecular weight excluding hydrogens is 593 g/mol. The zero-order chi connectivity index (χ0) is 29.9. The number of benzene rings is 2. The minimum atomic E-state index is -5.22. The van der Waals surface area contributed by atoms with E-state index in [2.05, 4.69) is 10.1 Å². The summed E-state index contributed by atoms with van der Waals surface area (Å²) in [7, 11) is -3.48. The van der Waals surface area contributed by atoms with E-state index in [-0.39, 0.29) is 59.3 Å². The van der Waals surface area contributed by atoms with Gasteiger partial charge in [-0.25, -0.2) is 26.9 Å². The average molecular weight is 616 g/mol. The number of phenols is 1. The highest BCUT2D eigenvalue weighted by Crippen LogP contribution is 2.40. The van der Waals surface area contributed by atoms with Gasteiger partial charge in [-0.2, -0.15) is 22.6 Å². The number of aromatic nitrogens is 3. The van der Waals surface area contributed by atoms with Crippen molar-refractivity contribution in [2.24, 2.45) is 0 Å². The highest BCUT2D eigenvalue weighted by molar-refractivity contribution is 7.88. The Hall–Kier alpha value is -3.49. The normalized spacial score (nSPS) is 17.0. The van der Waals surface area contributed by atoms with Crippen LogP contribution in [-0.2, 0) is 22.6 Å². The van der Waals surface area contributed by atoms with E-state index in [9.17, 15) is 35.5 Å². The molecule has 0 aliphatic carbocycles. The molecular formula is C26H23ClF5N5O3S. The molecule has 0 unspecified atom stereocenters. The number of phenolic OH excluding ortho intramolecular Hbond substituents is 1. The van der Waals surface area contributed by atoms with E-state index >= 15 is 0 Å². The van der Waals surface area contributed by atoms with E-state index in [0.29, 0.717) is 6.42 Å². The van der Waals surface area contributed by atoms with Crippen molar-refractivity contribution >= 4 is 38.5 Å². The summed E-state index contributed by atoms with van der Waals surface area (Å²) >= 11 is 6.64. The van der Waals surface area contributed by atoms with Crippen LogP contribution >= 0.6 is 11.6 Å². The summed E-state index contributed by atoms with van der Waals surface area (Å²) in [6.07, 6.45) is -3.62. The number of anilines is 1. The third-order valence-corrected chi connectivity index (χ3v) is 8.50. The second kappa shape index (κ2) is 10.4. The molecule has 4 aromatic rings. The molecule has 5 rings (SSSR count). The molecule has 1 aliphatic heterocycles. The molecule has 1 aliphatic rings. The molecule has 0 saturated carbocycles. The van der Waals surface area contributed by atoms with Gasteiger partial charge in [0.05, 0.1) is 28.1 Å². The van der Waals surface area contributed by atoms with Crippen molar-refractivity contribution in [2.75, 3.05) is 30.8 Å². The van der Waals surface area contributed by atoms with Crippen LogP contribution in [0.25, 0.3) is 16.7 Å². The topological polar surface area (TPSA) is 91.6 Å². The van der Waals surface area contributed by atoms with E-state index in [1.54, 1.807) is 0 Å². The highest BCUT2D eigenvalue weighted by atomic mass is 35.5. The van der Waals surface area contributed by atoms with Crippen molar-refractivity contribution < 1.29 is 35.5 Å². The van der Waals surface area contributed by atoms with Crippen LogP contribution in [0.4, 0.5) is 27.8 Å². The average Bonchev–Trinajstić information content (AvgIpc) is 3.21. The van der Waals surface area contributed by atoms with E-state index in [4.69, 9.17) is 11.6 Å². The van der Waals surface area contributed by atoms with Crippen LogP contribution in [0.15, 0.2) is 42.5 Å². The van der Waals surface area contributed by atoms with Gasteiger partial charge in [0.2, 0.25) is 10.0 Å². The Labute approximate surface area is 236 Å². The Kier molecular flexibility index (Phi) is 7.37. The third kappa shape index (κ3) is 5.43. The van der Waals surface area contributed by atoms with Gasteiger partial charge in [0, 0.05) is 25.7 Å². The van der Waals surface area contributed by atoms with Crippen molar-refractivity contribution in [3.8, 4) is 11.4 Å². The van der Waals surface area contributed by atoms with E-state index in [1.165, 1.54) is 17.3 Å². The van der Waals surface area contributed by atoms with Gasteiger partial charge in [0.1, 0.15) is 17.0 Å². The second-order valence-electron chi connectivity index (χ2n) is 9.73. The fourth-order valence-corrected chi connectivity index (χ4v) is 6.08. The van der Waals surface area contributed by atoms with Crippen LogP contribution in [0.1, 0.15) is 16.8 Å². The molecule has 2 aromatic carbocycles. The predicted octanol–water partition coefficient (Wildman–Crippen LogP) is 5.08. The minimum Gasteiger partial charge on any atom is -0.503 e. The van der Waals surface area contributed by atoms with Crippen LogP contribution in [-0.4, -0.2) is 64.5 Å². The van der Waals surface area contributed by atoms with Crippen molar-refractivity contribution in [3.05, 3.63) is 75.9 Å². The standard InChI is InChI=1S/C26H23ClF5N5O3S/c1-14-23-20(37(34-14)19-11-17(26(30,31)32)21(28)24(38)22(19)29)12-18(27)25(33-23)36-9-8-35(41(2,39)40)13-16(36)10-15-6-4-3-5-7-15/h3-7,11-12,16,38H,8-10,13H2,1-2H3/t16-/m1/s1. The van der Waals surface area contributed by atoms with Gasteiger partial charge in [-0.3, -0.25) is 0 Å². The van der Waals surface area contributed by atoms with Crippen LogP contribution in [0.5, 0.6) is 5.75 Å². The molecule has 0 amide bonds. The number of piperazine rings is 1. The molecule has 0 bridgehead atoms. The summed E-state index contributed by atoms with van der Waals surface area (Å²) in [6, 6.07) is 10.6. The maximum absolute atomic E-state index is 14.9. The smallest absolute Gasteiger partial charge is 0.419 e. The monoisotopic (exact) mass is 615 g/mol. The Morgan fingerprint density at radius 2 is 1.78 bits per heavy atom. The number of pyridine rings is 1. The molecule has 3 heterocycles. The van der Waals surface area contributed by atoms with E-state index in [0.717, 1.165) is 16.5 Å². The lowest BCUT2D eigenvalue weighted by Crippen LogP contribution is -2.55. The highest BCUT2D eigenvalue weighted by Gasteiger charge is 2.38. The van der Waals surface area contributed by atoms with E-state index in [1.807, 2.05) is 35.2 Å². The van der Waals surface area contributed by atoms with Gasteiger partial charge >= 0.3 is 6.18 Å². The number of halogens is 6. The number of rotatable bonds is 5. The lowest BCUT2D eigenvalue weighted by atomic mass is 10.0. The summed E-state index contributed by atoms with van der Waals surface area (Å²) in [4.78, 5) is 6.49. The fraction of sp³-hybridized carbons (Fsp3) is 0.308. The number of aryl methyl sites for hydroxylation is 1. The molecule has 2 aromatic heterocycles. The fourth-order valence-electron chi connectivity index (χ4n) is 4.97. The summed E-state index contributed by atoms with van der Waals surface area (Å²) in [6.45, 7) is 2.06. The Morgan fingerprint density at radius 1 is 1.10 bits per heavy atom. The summed E-state index contributed by atoms with van der Waals surface area (Å²) in [5, 5.41) is 14.0. The zero-order valence-corrected chi connectivity index (χ0v) is 23.2. The maximum atomic E-state index is 14.9. The van der Waals surface area contributed by atoms with Crippen molar-refractivity contribution in [1.82, 2.24) is 19.1 Å². The first kappa shape index (κ1) is 29.0. The van der Waals surface area contributed by atoms with Crippen LogP contribution < -0.4 is 4.90 Å². The Bertz CT molecular complexity index is 1750. The zero-order valence-electron chi connectivity index (χ0n) is 21.6. The first-order valence-electron chi connectivity index (χ1n) is 12.3. The maximum Gasteiger partial charge on any atom is 0.419 e. The molecule has 0 radical (unpaired) electrons. The van der Waals surface area contributed by atoms with Gasteiger partial charge < -0.3 is 10.0 Å². The van der Waals surface area contributed by atoms with Gasteiger partial charge in [-0.15, -0.1) is 0 Å². The first-order chi connectivity index (χ1) is 19.2. The van der Waals surface area contributed by atoms with Gasteiger partial charge in [0.15, 0.2) is 17.4 Å². The molecule has 1 saturated heterocycles. The summed E-state index contributed by atoms with van der Waals surface area (Å²) in [5.41, 5.74) is -1.37. The van der Waals surface area contributed by atoms with Crippen LogP contribution in [0, 0.1) is 18.6 Å². The Balaban J connectivity index is 1.62. The van der Waals surface area contributed by atoms with Crippen molar-refractivity contribution in [3.63, 3.8) is 0 Å². The Morgan fingerprint density at radius 3 is 2.41 bits per heavy atom. The first-order valence-corrected chi connectivity index (χ1v) is 14.5. The number of sulfonamides is 1. The SMILES string of the molecule is Cc1nn(-c2cc(C(F)(F)F)c(F)c(O)c2F)c2cc(Cl)c(N3CCN(S(C)(=O)=O)C[C@H]3Cc3ccccc3)nc12. The molecule has 8 nitrogen and oxygen atoms in total. The second-order valence-corrected chi connectivity index (χ2v) is 12.1. The van der Waals surface area contributed by atoms with Gasteiger partial charge in [-0.1, -0.05) is 41.9 Å². The van der Waals surface area contributed by atoms with Crippen LogP contribution in [0.2, 0.25) is 5.02 Å². The number of fused-ring (bicyclic) bond motifs is 1. The number of aromatic hydroxyl groups is 1. The van der Waals surface area contributed by atoms with Crippen molar-refractivity contribution in [2.45, 2.75) is 25.6 Å². The lowest BCUT2D eigenvalue weighted by molar-refractivity contribution is -0.140. The largest absolute Gasteiger partial charge is 0.503 e. The third-order valence-electron chi connectivity index (χ3n) is 6.95.